The van der Waals surface area contributed by atoms with Gasteiger partial charge in [-0.05, 0) is 48.6 Å². The lowest BCUT2D eigenvalue weighted by Crippen LogP contribution is -3.00. The molecule has 0 aliphatic heterocycles. The molecule has 3 heteroatoms. The van der Waals surface area contributed by atoms with Gasteiger partial charge in [0, 0.05) is 12.3 Å². The quantitative estimate of drug-likeness (QED) is 0.547. The van der Waals surface area contributed by atoms with Crippen LogP contribution in [0, 0.1) is 11.8 Å². The summed E-state index contributed by atoms with van der Waals surface area (Å²) in [6.45, 7) is 0. The van der Waals surface area contributed by atoms with Crippen molar-refractivity contribution in [3.8, 4) is 0 Å². The summed E-state index contributed by atoms with van der Waals surface area (Å²) in [5.41, 5.74) is 1.49. The number of halogens is 1. The average molecular weight is 372 g/mol. The molecular weight excluding hydrogens is 347 g/mol. The van der Waals surface area contributed by atoms with Crippen LogP contribution in [0.15, 0.2) is 18.3 Å². The number of hydrogen-bond acceptors (Lipinski definition) is 1. The Balaban J connectivity index is 0.00000133. The van der Waals surface area contributed by atoms with Crippen LogP contribution in [0.2, 0.25) is 0 Å². The first-order valence-electron chi connectivity index (χ1n) is 7.32. The van der Waals surface area contributed by atoms with E-state index in [0.717, 1.165) is 28.1 Å². The molecule has 0 amide bonds. The van der Waals surface area contributed by atoms with Gasteiger partial charge in [0.15, 0.2) is 0 Å². The lowest BCUT2D eigenvalue weighted by Gasteiger charge is -2.23. The fourth-order valence-corrected chi connectivity index (χ4v) is 3.89. The van der Waals surface area contributed by atoms with Crippen LogP contribution < -0.4 is 28.5 Å². The summed E-state index contributed by atoms with van der Waals surface area (Å²) in [7, 11) is 6.51. The molecule has 0 spiro atoms. The van der Waals surface area contributed by atoms with Crippen LogP contribution in [0.3, 0.4) is 0 Å². The molecule has 0 N–H and O–H groups in total. The van der Waals surface area contributed by atoms with Gasteiger partial charge in [-0.15, -0.1) is 0 Å². The Morgan fingerprint density at radius 1 is 1.11 bits per heavy atom. The molecule has 2 nitrogen and oxygen atoms in total. The normalized spacial score (nSPS) is 29.9. The lowest BCUT2D eigenvalue weighted by atomic mass is 9.85. The Morgan fingerprint density at radius 3 is 2.47 bits per heavy atom. The van der Waals surface area contributed by atoms with Gasteiger partial charge in [0.25, 0.3) is 0 Å². The van der Waals surface area contributed by atoms with Gasteiger partial charge >= 0.3 is 0 Å². The van der Waals surface area contributed by atoms with Crippen LogP contribution in [0.1, 0.15) is 43.6 Å². The third-order valence-corrected chi connectivity index (χ3v) is 4.87. The third-order valence-electron chi connectivity index (χ3n) is 4.87. The molecular formula is C16H25IN2. The van der Waals surface area contributed by atoms with Gasteiger partial charge in [-0.3, -0.25) is 4.48 Å². The van der Waals surface area contributed by atoms with Crippen molar-refractivity contribution in [2.24, 2.45) is 11.8 Å². The van der Waals surface area contributed by atoms with Crippen molar-refractivity contribution in [1.82, 2.24) is 9.47 Å². The molecule has 3 rings (SSSR count). The molecule has 2 fully saturated rings. The second-order valence-corrected chi connectivity index (χ2v) is 7.10. The first-order chi connectivity index (χ1) is 8.54. The number of rotatable bonds is 2. The smallest absolute Gasteiger partial charge is 0.226 e. The number of pyridine rings is 1. The van der Waals surface area contributed by atoms with E-state index in [0.29, 0.717) is 0 Å². The highest BCUT2D eigenvalue weighted by atomic mass is 127. The van der Waals surface area contributed by atoms with Crippen LogP contribution in [-0.4, -0.2) is 26.1 Å². The summed E-state index contributed by atoms with van der Waals surface area (Å²) in [4.78, 5) is 4.68. The molecule has 1 aromatic rings. The predicted octanol–water partition coefficient (Wildman–Crippen LogP) is 0.576. The summed E-state index contributed by atoms with van der Waals surface area (Å²) in [6.07, 6.45) is 9.40. The molecule has 1 heterocycles. The number of hydrogen-bond donors (Lipinski definition) is 0. The highest BCUT2D eigenvalue weighted by Gasteiger charge is 2.37. The van der Waals surface area contributed by atoms with Crippen molar-refractivity contribution in [2.45, 2.75) is 38.0 Å². The SMILES string of the molecule is C[N+](C)(C)c1ccc(C2CC3CCCC2C3)cn1.[I-]. The maximum absolute atomic E-state index is 4.68. The van der Waals surface area contributed by atoms with Crippen molar-refractivity contribution in [2.75, 3.05) is 21.1 Å². The van der Waals surface area contributed by atoms with Gasteiger partial charge in [0.1, 0.15) is 0 Å². The first kappa shape index (κ1) is 15.2. The van der Waals surface area contributed by atoms with Crippen molar-refractivity contribution in [3.05, 3.63) is 23.9 Å². The first-order valence-corrected chi connectivity index (χ1v) is 7.32. The molecule has 106 valence electrons. The van der Waals surface area contributed by atoms with Crippen LogP contribution in [0.4, 0.5) is 5.82 Å². The number of nitrogens with zero attached hydrogens (tertiary/aromatic N) is 2. The Hall–Kier alpha value is -0.160. The summed E-state index contributed by atoms with van der Waals surface area (Å²) < 4.78 is 0.803. The minimum absolute atomic E-state index is 0. The third kappa shape index (κ3) is 3.13. The standard InChI is InChI=1S/C16H25N2.HI/c1-18(2,3)16-8-7-14(11-17-16)15-10-12-5-4-6-13(15)9-12;/h7-8,11-13,15H,4-6,9-10H2,1-3H3;1H/q+1;/p-1. The van der Waals surface area contributed by atoms with Crippen LogP contribution >= 0.6 is 0 Å². The second kappa shape index (κ2) is 5.68. The van der Waals surface area contributed by atoms with Gasteiger partial charge in [-0.1, -0.05) is 12.8 Å². The molecule has 2 aliphatic rings. The molecule has 3 atom stereocenters. The van der Waals surface area contributed by atoms with E-state index in [1.165, 1.54) is 37.7 Å². The zero-order valence-corrected chi connectivity index (χ0v) is 14.4. The van der Waals surface area contributed by atoms with E-state index in [2.05, 4.69) is 44.5 Å². The topological polar surface area (TPSA) is 12.9 Å². The number of quaternary nitrogens is 1. The fourth-order valence-electron chi connectivity index (χ4n) is 3.89. The molecule has 1 aromatic heterocycles. The Bertz CT molecular complexity index is 421. The van der Waals surface area contributed by atoms with E-state index in [1.54, 1.807) is 0 Å². The Labute approximate surface area is 134 Å². The molecule has 3 unspecified atom stereocenters. The largest absolute Gasteiger partial charge is 1.00 e. The minimum atomic E-state index is 0. The van der Waals surface area contributed by atoms with E-state index in [1.807, 2.05) is 0 Å². The van der Waals surface area contributed by atoms with Crippen molar-refractivity contribution in [1.29, 1.82) is 0 Å². The summed E-state index contributed by atoms with van der Waals surface area (Å²) >= 11 is 0. The van der Waals surface area contributed by atoms with Gasteiger partial charge < -0.3 is 24.0 Å². The van der Waals surface area contributed by atoms with Gasteiger partial charge in [0.05, 0.1) is 21.1 Å². The monoisotopic (exact) mass is 372 g/mol. The second-order valence-electron chi connectivity index (χ2n) is 7.10. The van der Waals surface area contributed by atoms with Crippen LogP contribution in [0.5, 0.6) is 0 Å². The number of aromatic nitrogens is 1. The fraction of sp³-hybridized carbons (Fsp3) is 0.688. The van der Waals surface area contributed by atoms with Crippen LogP contribution in [-0.2, 0) is 0 Å². The highest BCUT2D eigenvalue weighted by Crippen LogP contribution is 2.50. The minimum Gasteiger partial charge on any atom is -1.00 e. The molecule has 2 saturated carbocycles. The lowest BCUT2D eigenvalue weighted by molar-refractivity contribution is -0.00000411. The van der Waals surface area contributed by atoms with Gasteiger partial charge in [0.2, 0.25) is 5.82 Å². The maximum Gasteiger partial charge on any atom is 0.226 e. The van der Waals surface area contributed by atoms with E-state index in [4.69, 9.17) is 0 Å². The molecule has 0 aromatic carbocycles. The van der Waals surface area contributed by atoms with E-state index < -0.39 is 0 Å². The summed E-state index contributed by atoms with van der Waals surface area (Å²) in [5, 5.41) is 0. The number of fused-ring (bicyclic) bond motifs is 2. The average Bonchev–Trinajstić information content (AvgIpc) is 2.63. The van der Waals surface area contributed by atoms with Gasteiger partial charge in [-0.2, -0.15) is 0 Å². The summed E-state index contributed by atoms with van der Waals surface area (Å²) in [6, 6.07) is 4.55. The van der Waals surface area contributed by atoms with E-state index in [9.17, 15) is 0 Å². The predicted molar refractivity (Wildman–Crippen MR) is 76.6 cm³/mol. The van der Waals surface area contributed by atoms with Crippen LogP contribution in [0.25, 0.3) is 0 Å². The van der Waals surface area contributed by atoms with E-state index >= 15 is 0 Å². The van der Waals surface area contributed by atoms with E-state index in [-0.39, 0.29) is 24.0 Å². The van der Waals surface area contributed by atoms with Crippen molar-refractivity contribution >= 4 is 5.82 Å². The molecule has 2 aliphatic carbocycles. The molecule has 19 heavy (non-hydrogen) atoms. The van der Waals surface area contributed by atoms with Gasteiger partial charge in [-0.25, -0.2) is 4.98 Å². The zero-order valence-electron chi connectivity index (χ0n) is 12.3. The zero-order chi connectivity index (χ0) is 12.8. The Morgan fingerprint density at radius 2 is 1.89 bits per heavy atom. The van der Waals surface area contributed by atoms with Crippen molar-refractivity contribution < 1.29 is 24.0 Å². The molecule has 2 bridgehead atoms. The molecule has 0 saturated heterocycles. The summed E-state index contributed by atoms with van der Waals surface area (Å²) in [5.74, 6) is 3.90. The maximum atomic E-state index is 4.68. The van der Waals surface area contributed by atoms with Crippen molar-refractivity contribution in [3.63, 3.8) is 0 Å². The molecule has 0 radical (unpaired) electrons. The Kier molecular flexibility index (Phi) is 4.56. The highest BCUT2D eigenvalue weighted by molar-refractivity contribution is 5.35.